The van der Waals surface area contributed by atoms with Crippen LogP contribution in [0.1, 0.15) is 56.7 Å². The van der Waals surface area contributed by atoms with Gasteiger partial charge in [0, 0.05) is 11.1 Å². The van der Waals surface area contributed by atoms with E-state index in [2.05, 4.69) is 36.3 Å². The van der Waals surface area contributed by atoms with Crippen molar-refractivity contribution in [2.24, 2.45) is 5.92 Å². The topological polar surface area (TPSA) is 78.0 Å². The van der Waals surface area contributed by atoms with Crippen molar-refractivity contribution in [3.05, 3.63) is 17.5 Å². The molecule has 1 atom stereocenters. The van der Waals surface area contributed by atoms with Crippen molar-refractivity contribution in [2.75, 3.05) is 6.61 Å². The molecule has 1 saturated carbocycles. The van der Waals surface area contributed by atoms with Gasteiger partial charge in [-0.2, -0.15) is 5.10 Å². The molecular weight excluding hydrogens is 242 g/mol. The van der Waals surface area contributed by atoms with E-state index in [9.17, 15) is 9.90 Å². The molecule has 0 aromatic carbocycles. The van der Waals surface area contributed by atoms with Gasteiger partial charge in [0.25, 0.3) is 5.91 Å². The summed E-state index contributed by atoms with van der Waals surface area (Å²) in [7, 11) is 0. The number of aromatic nitrogens is 2. The molecule has 2 rings (SSSR count). The van der Waals surface area contributed by atoms with Gasteiger partial charge < -0.3 is 10.4 Å². The molecule has 19 heavy (non-hydrogen) atoms. The minimum atomic E-state index is -0.530. The molecule has 0 saturated heterocycles. The van der Waals surface area contributed by atoms with E-state index >= 15 is 0 Å². The van der Waals surface area contributed by atoms with Gasteiger partial charge >= 0.3 is 0 Å². The van der Waals surface area contributed by atoms with E-state index in [-0.39, 0.29) is 17.9 Å². The van der Waals surface area contributed by atoms with Gasteiger partial charge in [0.05, 0.1) is 12.1 Å². The summed E-state index contributed by atoms with van der Waals surface area (Å²) >= 11 is 0. The Morgan fingerprint density at radius 1 is 1.47 bits per heavy atom. The molecule has 106 valence electrons. The third-order valence-corrected chi connectivity index (χ3v) is 3.82. The Labute approximate surface area is 113 Å². The minimum Gasteiger partial charge on any atom is -0.394 e. The van der Waals surface area contributed by atoms with E-state index in [1.54, 1.807) is 6.07 Å². The maximum absolute atomic E-state index is 12.2. The fraction of sp³-hybridized carbons (Fsp3) is 0.714. The molecule has 1 unspecified atom stereocenters. The van der Waals surface area contributed by atoms with Crippen LogP contribution in [0.5, 0.6) is 0 Å². The highest BCUT2D eigenvalue weighted by atomic mass is 16.3. The Morgan fingerprint density at radius 3 is 2.53 bits per heavy atom. The molecule has 1 aliphatic rings. The first-order valence-corrected chi connectivity index (χ1v) is 6.75. The second kappa shape index (κ2) is 4.63. The first kappa shape index (κ1) is 14.1. The van der Waals surface area contributed by atoms with Gasteiger partial charge in [-0.15, -0.1) is 0 Å². The number of nitrogens with one attached hydrogen (secondary N) is 2. The van der Waals surface area contributed by atoms with Crippen LogP contribution in [0, 0.1) is 5.92 Å². The lowest BCUT2D eigenvalue weighted by Gasteiger charge is -2.28. The maximum Gasteiger partial charge on any atom is 0.272 e. The molecule has 1 fully saturated rings. The van der Waals surface area contributed by atoms with Crippen molar-refractivity contribution in [3.8, 4) is 0 Å². The number of aliphatic hydroxyl groups is 1. The standard InChI is InChI=1S/C14H23N3O2/c1-13(2,3)11-7-10(16-17-11)12(19)15-14(4,8-18)9-5-6-9/h7,9,18H,5-6,8H2,1-4H3,(H,15,19)(H,16,17). The highest BCUT2D eigenvalue weighted by Crippen LogP contribution is 2.39. The normalized spacial score (nSPS) is 19.0. The molecule has 1 aliphatic carbocycles. The van der Waals surface area contributed by atoms with Gasteiger partial charge in [0.15, 0.2) is 0 Å². The van der Waals surface area contributed by atoms with Crippen LogP contribution in [-0.2, 0) is 5.41 Å². The highest BCUT2D eigenvalue weighted by Gasteiger charge is 2.42. The fourth-order valence-corrected chi connectivity index (χ4v) is 2.14. The van der Waals surface area contributed by atoms with Gasteiger partial charge in [-0.3, -0.25) is 9.89 Å². The largest absolute Gasteiger partial charge is 0.394 e. The Hall–Kier alpha value is -1.36. The van der Waals surface area contributed by atoms with Gasteiger partial charge in [-0.1, -0.05) is 20.8 Å². The zero-order valence-corrected chi connectivity index (χ0v) is 12.1. The van der Waals surface area contributed by atoms with Crippen molar-refractivity contribution < 1.29 is 9.90 Å². The number of hydrogen-bond donors (Lipinski definition) is 3. The molecule has 0 bridgehead atoms. The number of carbonyl (C=O) groups is 1. The monoisotopic (exact) mass is 265 g/mol. The average molecular weight is 265 g/mol. The Balaban J connectivity index is 2.09. The van der Waals surface area contributed by atoms with Crippen LogP contribution in [0.15, 0.2) is 6.07 Å². The molecule has 5 nitrogen and oxygen atoms in total. The van der Waals surface area contributed by atoms with Crippen molar-refractivity contribution in [2.45, 2.75) is 51.5 Å². The van der Waals surface area contributed by atoms with Crippen molar-refractivity contribution in [1.29, 1.82) is 0 Å². The summed E-state index contributed by atoms with van der Waals surface area (Å²) < 4.78 is 0. The average Bonchev–Trinajstić information content (AvgIpc) is 3.05. The highest BCUT2D eigenvalue weighted by molar-refractivity contribution is 5.93. The van der Waals surface area contributed by atoms with Gasteiger partial charge in [-0.05, 0) is 31.7 Å². The number of carbonyl (C=O) groups excluding carboxylic acids is 1. The van der Waals surface area contributed by atoms with Crippen molar-refractivity contribution in [1.82, 2.24) is 15.5 Å². The predicted molar refractivity (Wildman–Crippen MR) is 73.0 cm³/mol. The van der Waals surface area contributed by atoms with E-state index in [4.69, 9.17) is 0 Å². The van der Waals surface area contributed by atoms with E-state index in [0.717, 1.165) is 18.5 Å². The molecule has 1 heterocycles. The molecule has 0 radical (unpaired) electrons. The van der Waals surface area contributed by atoms with Crippen LogP contribution in [-0.4, -0.2) is 33.4 Å². The van der Waals surface area contributed by atoms with Crippen LogP contribution in [0.25, 0.3) is 0 Å². The van der Waals surface area contributed by atoms with E-state index < -0.39 is 5.54 Å². The van der Waals surface area contributed by atoms with Gasteiger partial charge in [-0.25, -0.2) is 0 Å². The quantitative estimate of drug-likeness (QED) is 0.773. The second-order valence-corrected chi connectivity index (χ2v) is 6.72. The predicted octanol–water partition coefficient (Wildman–Crippen LogP) is 1.60. The smallest absolute Gasteiger partial charge is 0.272 e. The fourth-order valence-electron chi connectivity index (χ4n) is 2.14. The Kier molecular flexibility index (Phi) is 3.43. The first-order valence-electron chi connectivity index (χ1n) is 6.75. The molecule has 1 aromatic heterocycles. The molecule has 1 amide bonds. The van der Waals surface area contributed by atoms with E-state index in [1.807, 2.05) is 6.92 Å². The Morgan fingerprint density at radius 2 is 2.11 bits per heavy atom. The van der Waals surface area contributed by atoms with Crippen LogP contribution in [0.2, 0.25) is 0 Å². The zero-order chi connectivity index (χ0) is 14.3. The third kappa shape index (κ3) is 2.97. The van der Waals surface area contributed by atoms with Crippen molar-refractivity contribution >= 4 is 5.91 Å². The number of aromatic amines is 1. The second-order valence-electron chi connectivity index (χ2n) is 6.72. The van der Waals surface area contributed by atoms with Crippen LogP contribution in [0.4, 0.5) is 0 Å². The summed E-state index contributed by atoms with van der Waals surface area (Å²) in [5.41, 5.74) is 0.709. The molecule has 1 aromatic rings. The molecule has 0 spiro atoms. The van der Waals surface area contributed by atoms with Crippen molar-refractivity contribution in [3.63, 3.8) is 0 Å². The lowest BCUT2D eigenvalue weighted by Crippen LogP contribution is -2.50. The lowest BCUT2D eigenvalue weighted by atomic mass is 9.92. The lowest BCUT2D eigenvalue weighted by molar-refractivity contribution is 0.0819. The minimum absolute atomic E-state index is 0.0417. The molecule has 5 heteroatoms. The summed E-state index contributed by atoms with van der Waals surface area (Å²) in [4.78, 5) is 12.2. The van der Waals surface area contributed by atoms with Gasteiger partial charge in [0.2, 0.25) is 0 Å². The number of aliphatic hydroxyl groups excluding tert-OH is 1. The first-order chi connectivity index (χ1) is 8.76. The third-order valence-electron chi connectivity index (χ3n) is 3.82. The van der Waals surface area contributed by atoms with Crippen LogP contribution in [0.3, 0.4) is 0 Å². The SMILES string of the molecule is CC(C)(C)c1cc(C(=O)NC(C)(CO)C2CC2)n[nH]1. The maximum atomic E-state index is 12.2. The molecule has 0 aliphatic heterocycles. The van der Waals surface area contributed by atoms with E-state index in [0.29, 0.717) is 11.6 Å². The number of nitrogens with zero attached hydrogens (tertiary/aromatic N) is 1. The van der Waals surface area contributed by atoms with Crippen LogP contribution < -0.4 is 5.32 Å². The van der Waals surface area contributed by atoms with E-state index in [1.165, 1.54) is 0 Å². The summed E-state index contributed by atoms with van der Waals surface area (Å²) in [5, 5.41) is 19.4. The number of rotatable bonds is 4. The summed E-state index contributed by atoms with van der Waals surface area (Å²) in [5.74, 6) is 0.151. The zero-order valence-electron chi connectivity index (χ0n) is 12.1. The van der Waals surface area contributed by atoms with Crippen LogP contribution >= 0.6 is 0 Å². The summed E-state index contributed by atoms with van der Waals surface area (Å²) in [6.07, 6.45) is 2.12. The summed E-state index contributed by atoms with van der Waals surface area (Å²) in [6, 6.07) is 1.78. The molecule has 3 N–H and O–H groups in total. The molecular formula is C14H23N3O2. The number of H-pyrrole nitrogens is 1. The Bertz CT molecular complexity index is 471. The summed E-state index contributed by atoms with van der Waals surface area (Å²) in [6.45, 7) is 8.03. The van der Waals surface area contributed by atoms with Gasteiger partial charge in [0.1, 0.15) is 5.69 Å². The number of amides is 1. The number of hydrogen-bond acceptors (Lipinski definition) is 3.